The molecule has 0 aliphatic heterocycles. The molecule has 1 aromatic heterocycles. The fourth-order valence-corrected chi connectivity index (χ4v) is 3.15. The summed E-state index contributed by atoms with van der Waals surface area (Å²) in [6, 6.07) is 10.6. The number of nitrogens with zero attached hydrogens (tertiary/aromatic N) is 1. The van der Waals surface area contributed by atoms with Gasteiger partial charge in [-0.1, -0.05) is 12.1 Å². The lowest BCUT2D eigenvalue weighted by Gasteiger charge is -2.18. The number of anilines is 1. The molecule has 2 rings (SSSR count). The third-order valence-corrected chi connectivity index (χ3v) is 4.31. The molecule has 0 aliphatic rings. The highest BCUT2D eigenvalue weighted by Gasteiger charge is 2.04. The molecule has 0 aliphatic carbocycles. The van der Waals surface area contributed by atoms with Crippen LogP contribution in [0.15, 0.2) is 40.2 Å². The van der Waals surface area contributed by atoms with Crippen LogP contribution < -0.4 is 10.6 Å². The van der Waals surface area contributed by atoms with Gasteiger partial charge in [-0.05, 0) is 39.7 Å². The Kier molecular flexibility index (Phi) is 4.20. The molecule has 0 fully saturated rings. The van der Waals surface area contributed by atoms with Crippen LogP contribution in [0.5, 0.6) is 0 Å². The van der Waals surface area contributed by atoms with E-state index in [1.54, 1.807) is 11.3 Å². The van der Waals surface area contributed by atoms with Crippen molar-refractivity contribution in [3.63, 3.8) is 0 Å². The minimum Gasteiger partial charge on any atom is -0.369 e. The van der Waals surface area contributed by atoms with Gasteiger partial charge in [0.15, 0.2) is 0 Å². The lowest BCUT2D eigenvalue weighted by molar-refractivity contribution is 0.938. The van der Waals surface area contributed by atoms with Gasteiger partial charge in [0, 0.05) is 34.0 Å². The van der Waals surface area contributed by atoms with Crippen LogP contribution >= 0.6 is 27.3 Å². The standard InChI is InChI=1S/C13H15BrN2S/c1-16(8-13-6-11(14)9-17-13)12-4-2-10(7-15)3-5-12/h2-6,9H,7-8,15H2,1H3. The second kappa shape index (κ2) is 5.67. The smallest absolute Gasteiger partial charge is 0.0519 e. The topological polar surface area (TPSA) is 29.3 Å². The molecule has 2 N–H and O–H groups in total. The first-order valence-electron chi connectivity index (χ1n) is 5.42. The van der Waals surface area contributed by atoms with Gasteiger partial charge in [0.25, 0.3) is 0 Å². The molecule has 0 spiro atoms. The molecule has 2 aromatic rings. The van der Waals surface area contributed by atoms with Crippen molar-refractivity contribution >= 4 is 33.0 Å². The monoisotopic (exact) mass is 310 g/mol. The number of thiophene rings is 1. The summed E-state index contributed by atoms with van der Waals surface area (Å²) in [5.74, 6) is 0. The largest absolute Gasteiger partial charge is 0.369 e. The summed E-state index contributed by atoms with van der Waals surface area (Å²) in [6.07, 6.45) is 0. The number of halogens is 1. The molecule has 2 nitrogen and oxygen atoms in total. The van der Waals surface area contributed by atoms with Crippen molar-refractivity contribution in [2.45, 2.75) is 13.1 Å². The Labute approximate surface area is 114 Å². The third kappa shape index (κ3) is 3.31. The highest BCUT2D eigenvalue weighted by Crippen LogP contribution is 2.23. The SMILES string of the molecule is CN(Cc1cc(Br)cs1)c1ccc(CN)cc1. The van der Waals surface area contributed by atoms with E-state index >= 15 is 0 Å². The minimum atomic E-state index is 0.599. The van der Waals surface area contributed by atoms with Gasteiger partial charge in [-0.2, -0.15) is 0 Å². The van der Waals surface area contributed by atoms with Crippen LogP contribution in [-0.2, 0) is 13.1 Å². The van der Waals surface area contributed by atoms with Gasteiger partial charge >= 0.3 is 0 Å². The quantitative estimate of drug-likeness (QED) is 0.935. The second-order valence-electron chi connectivity index (χ2n) is 3.96. The Morgan fingerprint density at radius 3 is 2.53 bits per heavy atom. The first-order valence-corrected chi connectivity index (χ1v) is 7.09. The van der Waals surface area contributed by atoms with E-state index in [-0.39, 0.29) is 0 Å². The number of nitrogens with two attached hydrogens (primary N) is 1. The van der Waals surface area contributed by atoms with Gasteiger partial charge in [-0.25, -0.2) is 0 Å². The fourth-order valence-electron chi connectivity index (χ4n) is 1.65. The highest BCUT2D eigenvalue weighted by molar-refractivity contribution is 9.10. The molecule has 0 saturated carbocycles. The molecule has 1 aromatic carbocycles. The maximum atomic E-state index is 5.59. The zero-order valence-corrected chi connectivity index (χ0v) is 12.1. The lowest BCUT2D eigenvalue weighted by atomic mass is 10.2. The van der Waals surface area contributed by atoms with Crippen LogP contribution in [0.25, 0.3) is 0 Å². The van der Waals surface area contributed by atoms with Crippen molar-refractivity contribution in [3.05, 3.63) is 50.6 Å². The van der Waals surface area contributed by atoms with E-state index in [0.29, 0.717) is 6.54 Å². The molecule has 0 saturated heterocycles. The van der Waals surface area contributed by atoms with Gasteiger partial charge < -0.3 is 10.6 Å². The Morgan fingerprint density at radius 1 is 1.29 bits per heavy atom. The maximum absolute atomic E-state index is 5.59. The van der Waals surface area contributed by atoms with Gasteiger partial charge in [-0.3, -0.25) is 0 Å². The van der Waals surface area contributed by atoms with Crippen LogP contribution in [0.1, 0.15) is 10.4 Å². The molecule has 17 heavy (non-hydrogen) atoms. The summed E-state index contributed by atoms with van der Waals surface area (Å²) in [6.45, 7) is 1.53. The van der Waals surface area contributed by atoms with E-state index < -0.39 is 0 Å². The summed E-state index contributed by atoms with van der Waals surface area (Å²) in [4.78, 5) is 3.58. The molecule has 0 amide bonds. The zero-order valence-electron chi connectivity index (χ0n) is 9.69. The van der Waals surface area contributed by atoms with Crippen LogP contribution in [0, 0.1) is 0 Å². The Hall–Kier alpha value is -0.840. The van der Waals surface area contributed by atoms with Crippen molar-refractivity contribution in [1.82, 2.24) is 0 Å². The lowest BCUT2D eigenvalue weighted by Crippen LogP contribution is -2.15. The van der Waals surface area contributed by atoms with Gasteiger partial charge in [0.05, 0.1) is 6.54 Å². The van der Waals surface area contributed by atoms with Crippen molar-refractivity contribution in [2.75, 3.05) is 11.9 Å². The summed E-state index contributed by atoms with van der Waals surface area (Å²) in [5.41, 5.74) is 7.97. The molecule has 0 radical (unpaired) electrons. The summed E-state index contributed by atoms with van der Waals surface area (Å²) < 4.78 is 1.16. The molecule has 4 heteroatoms. The Balaban J connectivity index is 2.06. The second-order valence-corrected chi connectivity index (χ2v) is 5.87. The van der Waals surface area contributed by atoms with E-state index in [1.165, 1.54) is 16.1 Å². The van der Waals surface area contributed by atoms with E-state index in [0.717, 1.165) is 11.0 Å². The molecule has 1 heterocycles. The molecule has 0 unspecified atom stereocenters. The fraction of sp³-hybridized carbons (Fsp3) is 0.231. The van der Waals surface area contributed by atoms with Crippen molar-refractivity contribution < 1.29 is 0 Å². The van der Waals surface area contributed by atoms with Crippen molar-refractivity contribution in [2.24, 2.45) is 5.73 Å². The number of rotatable bonds is 4. The molecule has 0 atom stereocenters. The molecule has 90 valence electrons. The van der Waals surface area contributed by atoms with Gasteiger partial charge in [0.1, 0.15) is 0 Å². The van der Waals surface area contributed by atoms with Crippen LogP contribution in [0.3, 0.4) is 0 Å². The van der Waals surface area contributed by atoms with Crippen LogP contribution in [0.2, 0.25) is 0 Å². The van der Waals surface area contributed by atoms with E-state index in [9.17, 15) is 0 Å². The van der Waals surface area contributed by atoms with Gasteiger partial charge in [-0.15, -0.1) is 11.3 Å². The molecular weight excluding hydrogens is 296 g/mol. The first-order chi connectivity index (χ1) is 8.19. The Bertz CT molecular complexity index is 478. The van der Waals surface area contributed by atoms with E-state index in [1.807, 2.05) is 0 Å². The highest BCUT2D eigenvalue weighted by atomic mass is 79.9. The minimum absolute atomic E-state index is 0.599. The first kappa shape index (κ1) is 12.6. The predicted molar refractivity (Wildman–Crippen MR) is 78.5 cm³/mol. The number of benzene rings is 1. The van der Waals surface area contributed by atoms with Crippen LogP contribution in [-0.4, -0.2) is 7.05 Å². The summed E-state index contributed by atoms with van der Waals surface area (Å²) >= 11 is 5.25. The normalized spacial score (nSPS) is 10.5. The molecule has 0 bridgehead atoms. The maximum Gasteiger partial charge on any atom is 0.0519 e. The Morgan fingerprint density at radius 2 is 2.00 bits per heavy atom. The van der Waals surface area contributed by atoms with Crippen molar-refractivity contribution in [3.8, 4) is 0 Å². The third-order valence-electron chi connectivity index (χ3n) is 2.63. The number of hydrogen-bond acceptors (Lipinski definition) is 3. The van der Waals surface area contributed by atoms with Gasteiger partial charge in [0.2, 0.25) is 0 Å². The summed E-state index contributed by atoms with van der Waals surface area (Å²) in [5, 5.41) is 2.11. The average Bonchev–Trinajstić information content (AvgIpc) is 2.75. The number of hydrogen-bond donors (Lipinski definition) is 1. The summed E-state index contributed by atoms with van der Waals surface area (Å²) in [7, 11) is 2.10. The van der Waals surface area contributed by atoms with E-state index in [2.05, 4.69) is 63.6 Å². The van der Waals surface area contributed by atoms with Crippen molar-refractivity contribution in [1.29, 1.82) is 0 Å². The average molecular weight is 311 g/mol. The van der Waals surface area contributed by atoms with Crippen LogP contribution in [0.4, 0.5) is 5.69 Å². The molecular formula is C13H15BrN2S. The zero-order chi connectivity index (χ0) is 12.3. The predicted octanol–water partition coefficient (Wildman–Crippen LogP) is 3.61. The van der Waals surface area contributed by atoms with E-state index in [4.69, 9.17) is 5.73 Å².